The summed E-state index contributed by atoms with van der Waals surface area (Å²) in [5, 5.41) is 2.75. The molecule has 0 unspecified atom stereocenters. The van der Waals surface area contributed by atoms with Crippen molar-refractivity contribution in [2.75, 3.05) is 27.1 Å². The molecule has 2 aromatic rings. The second-order valence-corrected chi connectivity index (χ2v) is 5.73. The Morgan fingerprint density at radius 3 is 2.77 bits per heavy atom. The van der Waals surface area contributed by atoms with Gasteiger partial charge in [0.05, 0.1) is 13.7 Å². The van der Waals surface area contributed by atoms with Crippen LogP contribution >= 0.6 is 0 Å². The molecular weight excluding hydrogens is 341 g/mol. The van der Waals surface area contributed by atoms with Crippen LogP contribution < -0.4 is 19.5 Å². The van der Waals surface area contributed by atoms with Gasteiger partial charge in [0.25, 0.3) is 5.91 Å². The zero-order chi connectivity index (χ0) is 18.4. The molecule has 0 atom stereocenters. The molecule has 1 amide bonds. The van der Waals surface area contributed by atoms with E-state index in [1.54, 1.807) is 31.4 Å². The van der Waals surface area contributed by atoms with Gasteiger partial charge in [-0.15, -0.1) is 0 Å². The molecular formula is C19H20FNO5. The van der Waals surface area contributed by atoms with Crippen molar-refractivity contribution in [3.63, 3.8) is 0 Å². The maximum absolute atomic E-state index is 13.7. The maximum Gasteiger partial charge on any atom is 0.257 e. The standard InChI is InChI=1S/C19H20FNO5/c1-23-16-2-4-17(5-3-16)25-11-18(22)21-7-6-13-8-15(20)9-14-10-24-12-26-19(13)14/h2-5,8-9H,6-7,10-12H2,1H3,(H,21,22). The molecule has 1 aliphatic rings. The van der Waals surface area contributed by atoms with Crippen molar-refractivity contribution in [3.05, 3.63) is 53.3 Å². The van der Waals surface area contributed by atoms with Gasteiger partial charge in [0, 0.05) is 12.1 Å². The summed E-state index contributed by atoms with van der Waals surface area (Å²) in [6.45, 7) is 0.721. The van der Waals surface area contributed by atoms with Crippen LogP contribution in [0.1, 0.15) is 11.1 Å². The molecule has 6 nitrogen and oxygen atoms in total. The van der Waals surface area contributed by atoms with Gasteiger partial charge in [-0.3, -0.25) is 4.79 Å². The molecule has 0 aliphatic carbocycles. The van der Waals surface area contributed by atoms with Crippen molar-refractivity contribution >= 4 is 5.91 Å². The number of fused-ring (bicyclic) bond motifs is 1. The molecule has 0 fully saturated rings. The minimum absolute atomic E-state index is 0.0993. The zero-order valence-corrected chi connectivity index (χ0v) is 14.4. The fourth-order valence-corrected chi connectivity index (χ4v) is 2.65. The number of methoxy groups -OCH3 is 1. The molecule has 138 valence electrons. The predicted molar refractivity (Wildman–Crippen MR) is 91.9 cm³/mol. The van der Waals surface area contributed by atoms with Gasteiger partial charge < -0.3 is 24.3 Å². The van der Waals surface area contributed by atoms with Crippen LogP contribution in [-0.2, 0) is 22.6 Å². The van der Waals surface area contributed by atoms with Crippen molar-refractivity contribution in [2.24, 2.45) is 0 Å². The number of ether oxygens (including phenoxy) is 4. The van der Waals surface area contributed by atoms with Crippen LogP contribution in [0.5, 0.6) is 17.2 Å². The number of carbonyl (C=O) groups is 1. The van der Waals surface area contributed by atoms with Gasteiger partial charge in [-0.1, -0.05) is 0 Å². The molecule has 0 bridgehead atoms. The van der Waals surface area contributed by atoms with Gasteiger partial charge in [-0.05, 0) is 48.4 Å². The number of halogens is 1. The molecule has 26 heavy (non-hydrogen) atoms. The Kier molecular flexibility index (Phi) is 5.91. The third-order valence-electron chi connectivity index (χ3n) is 3.90. The minimum atomic E-state index is -0.345. The number of nitrogens with one attached hydrogen (secondary N) is 1. The summed E-state index contributed by atoms with van der Waals surface area (Å²) in [6.07, 6.45) is 0.453. The Bertz CT molecular complexity index is 763. The van der Waals surface area contributed by atoms with Gasteiger partial charge in [0.1, 0.15) is 23.1 Å². The second-order valence-electron chi connectivity index (χ2n) is 5.73. The maximum atomic E-state index is 13.7. The van der Waals surface area contributed by atoms with E-state index in [1.807, 2.05) is 0 Å². The molecule has 1 N–H and O–H groups in total. The molecule has 0 aromatic heterocycles. The monoisotopic (exact) mass is 361 g/mol. The van der Waals surface area contributed by atoms with Gasteiger partial charge in [-0.2, -0.15) is 0 Å². The number of carbonyl (C=O) groups excluding carboxylic acids is 1. The molecule has 1 aliphatic heterocycles. The van der Waals surface area contributed by atoms with Crippen LogP contribution in [0.4, 0.5) is 4.39 Å². The van der Waals surface area contributed by atoms with Crippen LogP contribution in [0.3, 0.4) is 0 Å². The van der Waals surface area contributed by atoms with Crippen LogP contribution in [-0.4, -0.2) is 33.0 Å². The fourth-order valence-electron chi connectivity index (χ4n) is 2.65. The molecule has 2 aromatic carbocycles. The SMILES string of the molecule is COc1ccc(OCC(=O)NCCc2cc(F)cc3c2OCOC3)cc1. The van der Waals surface area contributed by atoms with E-state index in [2.05, 4.69) is 5.32 Å². The van der Waals surface area contributed by atoms with Crippen LogP contribution in [0.15, 0.2) is 36.4 Å². The smallest absolute Gasteiger partial charge is 0.257 e. The summed E-state index contributed by atoms with van der Waals surface area (Å²) >= 11 is 0. The van der Waals surface area contributed by atoms with Crippen LogP contribution in [0.2, 0.25) is 0 Å². The lowest BCUT2D eigenvalue weighted by atomic mass is 10.1. The predicted octanol–water partition coefficient (Wildman–Crippen LogP) is 2.44. The normalized spacial score (nSPS) is 12.7. The Morgan fingerprint density at radius 1 is 1.23 bits per heavy atom. The van der Waals surface area contributed by atoms with E-state index in [9.17, 15) is 9.18 Å². The first-order valence-corrected chi connectivity index (χ1v) is 8.21. The first kappa shape index (κ1) is 18.0. The summed E-state index contributed by atoms with van der Waals surface area (Å²) in [4.78, 5) is 11.9. The third kappa shape index (κ3) is 4.64. The van der Waals surface area contributed by atoms with Gasteiger partial charge in [0.2, 0.25) is 0 Å². The number of amides is 1. The average Bonchev–Trinajstić information content (AvgIpc) is 2.66. The number of hydrogen-bond donors (Lipinski definition) is 1. The molecule has 0 radical (unpaired) electrons. The summed E-state index contributed by atoms with van der Waals surface area (Å²) in [5.74, 6) is 1.33. The minimum Gasteiger partial charge on any atom is -0.497 e. The first-order chi connectivity index (χ1) is 12.7. The first-order valence-electron chi connectivity index (χ1n) is 8.21. The lowest BCUT2D eigenvalue weighted by Gasteiger charge is -2.21. The van der Waals surface area contributed by atoms with Gasteiger partial charge in [-0.25, -0.2) is 4.39 Å². The summed E-state index contributed by atoms with van der Waals surface area (Å²) in [7, 11) is 1.58. The van der Waals surface area contributed by atoms with E-state index < -0.39 is 0 Å². The molecule has 7 heteroatoms. The van der Waals surface area contributed by atoms with E-state index >= 15 is 0 Å². The molecule has 3 rings (SSSR count). The summed E-state index contributed by atoms with van der Waals surface area (Å²) in [6, 6.07) is 9.78. The molecule has 0 spiro atoms. The molecule has 0 saturated heterocycles. The van der Waals surface area contributed by atoms with Gasteiger partial charge >= 0.3 is 0 Å². The van der Waals surface area contributed by atoms with Crippen molar-refractivity contribution in [1.29, 1.82) is 0 Å². The molecule has 0 saturated carbocycles. The third-order valence-corrected chi connectivity index (χ3v) is 3.90. The Balaban J connectivity index is 1.47. The zero-order valence-electron chi connectivity index (χ0n) is 14.4. The van der Waals surface area contributed by atoms with E-state index in [0.29, 0.717) is 47.9 Å². The second kappa shape index (κ2) is 8.53. The number of benzene rings is 2. The summed E-state index contributed by atoms with van der Waals surface area (Å²) in [5.41, 5.74) is 1.39. The van der Waals surface area contributed by atoms with E-state index in [1.165, 1.54) is 12.1 Å². The van der Waals surface area contributed by atoms with Crippen molar-refractivity contribution in [3.8, 4) is 17.2 Å². The highest BCUT2D eigenvalue weighted by atomic mass is 19.1. The fraction of sp³-hybridized carbons (Fsp3) is 0.316. The van der Waals surface area contributed by atoms with Crippen LogP contribution in [0, 0.1) is 5.82 Å². The number of rotatable bonds is 7. The Morgan fingerprint density at radius 2 is 2.00 bits per heavy atom. The van der Waals surface area contributed by atoms with Crippen molar-refractivity contribution < 1.29 is 28.1 Å². The van der Waals surface area contributed by atoms with Crippen molar-refractivity contribution in [1.82, 2.24) is 5.32 Å². The van der Waals surface area contributed by atoms with Crippen molar-refractivity contribution in [2.45, 2.75) is 13.0 Å². The Hall–Kier alpha value is -2.80. The average molecular weight is 361 g/mol. The highest BCUT2D eigenvalue weighted by Gasteiger charge is 2.17. The van der Waals surface area contributed by atoms with Crippen LogP contribution in [0.25, 0.3) is 0 Å². The summed E-state index contributed by atoms with van der Waals surface area (Å²) < 4.78 is 34.8. The topological polar surface area (TPSA) is 66.0 Å². The van der Waals surface area contributed by atoms with Gasteiger partial charge in [0.15, 0.2) is 13.4 Å². The number of hydrogen-bond acceptors (Lipinski definition) is 5. The lowest BCUT2D eigenvalue weighted by molar-refractivity contribution is -0.123. The Labute approximate surface area is 150 Å². The molecule has 1 heterocycles. The highest BCUT2D eigenvalue weighted by molar-refractivity contribution is 5.77. The quantitative estimate of drug-likeness (QED) is 0.821. The van der Waals surface area contributed by atoms with E-state index in [0.717, 1.165) is 0 Å². The lowest BCUT2D eigenvalue weighted by Crippen LogP contribution is -2.30. The highest BCUT2D eigenvalue weighted by Crippen LogP contribution is 2.29. The largest absolute Gasteiger partial charge is 0.497 e. The van der Waals surface area contributed by atoms with E-state index in [-0.39, 0.29) is 25.1 Å². The van der Waals surface area contributed by atoms with E-state index in [4.69, 9.17) is 18.9 Å².